The molecule has 0 aliphatic heterocycles. The van der Waals surface area contributed by atoms with Crippen LogP contribution >= 0.6 is 34.9 Å². The fourth-order valence-corrected chi connectivity index (χ4v) is 4.80. The topological polar surface area (TPSA) is 85.6 Å². The Morgan fingerprint density at radius 1 is 1.35 bits per heavy atom. The van der Waals surface area contributed by atoms with Crippen molar-refractivity contribution < 1.29 is 4.79 Å². The van der Waals surface area contributed by atoms with Crippen LogP contribution in [-0.4, -0.2) is 36.9 Å². The molecule has 3 aromatic rings. The quantitative estimate of drug-likeness (QED) is 0.602. The van der Waals surface area contributed by atoms with Crippen LogP contribution in [0.25, 0.3) is 0 Å². The van der Waals surface area contributed by atoms with Crippen molar-refractivity contribution in [3.63, 3.8) is 0 Å². The molecule has 1 aliphatic carbocycles. The number of aromatic nitrogens is 5. The Labute approximate surface area is 163 Å². The Morgan fingerprint density at radius 2 is 2.15 bits per heavy atom. The Hall–Kier alpha value is -1.91. The molecule has 0 bridgehead atoms. The maximum atomic E-state index is 12.2. The molecule has 2 aromatic heterocycles. The van der Waals surface area contributed by atoms with Gasteiger partial charge in [0, 0.05) is 21.7 Å². The molecule has 4 rings (SSSR count). The van der Waals surface area contributed by atoms with E-state index in [1.54, 1.807) is 23.1 Å². The van der Waals surface area contributed by atoms with Crippen molar-refractivity contribution in [3.8, 4) is 0 Å². The molecule has 0 spiro atoms. The van der Waals surface area contributed by atoms with Crippen molar-refractivity contribution in [1.82, 2.24) is 25.2 Å². The van der Waals surface area contributed by atoms with Gasteiger partial charge >= 0.3 is 0 Å². The highest BCUT2D eigenvalue weighted by Gasteiger charge is 2.28. The molecule has 1 aliphatic rings. The van der Waals surface area contributed by atoms with Gasteiger partial charge in [-0.25, -0.2) is 9.67 Å². The smallest absolute Gasteiger partial charge is 0.234 e. The van der Waals surface area contributed by atoms with Gasteiger partial charge in [-0.2, -0.15) is 0 Å². The number of aryl methyl sites for hydroxylation is 1. The van der Waals surface area contributed by atoms with Crippen molar-refractivity contribution in [2.24, 2.45) is 0 Å². The summed E-state index contributed by atoms with van der Waals surface area (Å²) in [4.78, 5) is 17.7. The summed E-state index contributed by atoms with van der Waals surface area (Å²) < 4.78 is 2.83. The van der Waals surface area contributed by atoms with E-state index in [0.717, 1.165) is 33.5 Å². The minimum atomic E-state index is -0.0729. The Morgan fingerprint density at radius 3 is 2.85 bits per heavy atom. The lowest BCUT2D eigenvalue weighted by atomic mass is 10.3. The number of anilines is 1. The number of hydrogen-bond donors (Lipinski definition) is 1. The first-order chi connectivity index (χ1) is 12.7. The van der Waals surface area contributed by atoms with E-state index < -0.39 is 0 Å². The first-order valence-electron chi connectivity index (χ1n) is 8.08. The molecule has 1 aromatic carbocycles. The number of carbonyl (C=O) groups is 1. The average molecular weight is 405 g/mol. The first-order valence-corrected chi connectivity index (χ1v) is 10.8. The van der Waals surface area contributed by atoms with Crippen LogP contribution in [0.4, 0.5) is 5.69 Å². The molecule has 7 nitrogen and oxygen atoms in total. The predicted octanol–water partition coefficient (Wildman–Crippen LogP) is 3.65. The number of amides is 1. The van der Waals surface area contributed by atoms with E-state index >= 15 is 0 Å². The second-order valence-corrected chi connectivity index (χ2v) is 8.98. The summed E-state index contributed by atoms with van der Waals surface area (Å²) in [7, 11) is 0. The lowest BCUT2D eigenvalue weighted by molar-refractivity contribution is -0.113. The molecule has 0 unspecified atom stereocenters. The number of hydrogen-bond acceptors (Lipinski definition) is 8. The summed E-state index contributed by atoms with van der Waals surface area (Å²) in [5.74, 6) is 0.207. The van der Waals surface area contributed by atoms with Gasteiger partial charge in [-0.1, -0.05) is 23.5 Å². The van der Waals surface area contributed by atoms with Crippen molar-refractivity contribution in [3.05, 3.63) is 35.3 Å². The Kier molecular flexibility index (Phi) is 5.23. The molecular formula is C16H16N6OS3. The van der Waals surface area contributed by atoms with Gasteiger partial charge in [-0.3, -0.25) is 4.79 Å². The van der Waals surface area contributed by atoms with E-state index in [1.165, 1.54) is 11.8 Å². The lowest BCUT2D eigenvalue weighted by Gasteiger charge is -2.06. The largest absolute Gasteiger partial charge is 0.325 e. The first kappa shape index (κ1) is 17.5. The maximum Gasteiger partial charge on any atom is 0.234 e. The lowest BCUT2D eigenvalue weighted by Crippen LogP contribution is -2.14. The van der Waals surface area contributed by atoms with E-state index in [9.17, 15) is 4.79 Å². The van der Waals surface area contributed by atoms with Crippen LogP contribution in [0.2, 0.25) is 0 Å². The second-order valence-electron chi connectivity index (χ2n) is 5.86. The van der Waals surface area contributed by atoms with Crippen LogP contribution in [0.15, 0.2) is 44.0 Å². The zero-order chi connectivity index (χ0) is 17.9. The summed E-state index contributed by atoms with van der Waals surface area (Å²) in [6, 6.07) is 8.18. The number of benzene rings is 1. The van der Waals surface area contributed by atoms with Crippen molar-refractivity contribution in [2.75, 3.05) is 11.1 Å². The van der Waals surface area contributed by atoms with E-state index in [2.05, 4.69) is 25.8 Å². The van der Waals surface area contributed by atoms with Crippen molar-refractivity contribution in [1.29, 1.82) is 0 Å². The number of thioether (sulfide) groups is 1. The highest BCUT2D eigenvalue weighted by molar-refractivity contribution is 8.01. The molecule has 2 heterocycles. The maximum absolute atomic E-state index is 12.2. The van der Waals surface area contributed by atoms with Crippen LogP contribution in [0.3, 0.4) is 0 Å². The van der Waals surface area contributed by atoms with Gasteiger partial charge in [0.1, 0.15) is 0 Å². The molecule has 0 saturated heterocycles. The fourth-order valence-electron chi connectivity index (χ4n) is 2.24. The van der Waals surface area contributed by atoms with Gasteiger partial charge < -0.3 is 5.32 Å². The van der Waals surface area contributed by atoms with Gasteiger partial charge in [0.15, 0.2) is 4.34 Å². The minimum Gasteiger partial charge on any atom is -0.325 e. The summed E-state index contributed by atoms with van der Waals surface area (Å²) in [5.41, 5.74) is 1.81. The molecular weight excluding hydrogens is 388 g/mol. The summed E-state index contributed by atoms with van der Waals surface area (Å²) in [6.45, 7) is 1.99. The van der Waals surface area contributed by atoms with Crippen molar-refractivity contribution in [2.45, 2.75) is 40.2 Å². The average Bonchev–Trinajstić information content (AvgIpc) is 3.23. The third kappa shape index (κ3) is 4.43. The Bertz CT molecular complexity index is 903. The standard InChI is InChI=1S/C16H16N6OS3/c1-10-8-25-16(17-10)26-13-6-2-11(3-7-13)18-14(23)9-24-15-19-20-21-22(15)12-4-5-12/h2-3,6-8,12H,4-5,9H2,1H3,(H,18,23). The van der Waals surface area contributed by atoms with Gasteiger partial charge in [0.2, 0.25) is 11.1 Å². The summed E-state index contributed by atoms with van der Waals surface area (Å²) in [6.07, 6.45) is 2.21. The zero-order valence-electron chi connectivity index (χ0n) is 14.0. The number of thiazole rings is 1. The van der Waals surface area contributed by atoms with Gasteiger partial charge in [-0.15, -0.1) is 16.4 Å². The molecule has 1 fully saturated rings. The number of rotatable bonds is 7. The fraction of sp³-hybridized carbons (Fsp3) is 0.312. The van der Waals surface area contributed by atoms with E-state index in [4.69, 9.17) is 0 Å². The summed E-state index contributed by atoms with van der Waals surface area (Å²) in [5, 5.41) is 17.3. The third-order valence-electron chi connectivity index (χ3n) is 3.63. The van der Waals surface area contributed by atoms with E-state index in [0.29, 0.717) is 11.2 Å². The third-order valence-corrected chi connectivity index (χ3v) is 6.63. The summed E-state index contributed by atoms with van der Waals surface area (Å²) >= 11 is 4.61. The van der Waals surface area contributed by atoms with Gasteiger partial charge in [-0.05, 0) is 54.5 Å². The highest BCUT2D eigenvalue weighted by atomic mass is 32.2. The molecule has 1 amide bonds. The van der Waals surface area contributed by atoms with Crippen LogP contribution in [0, 0.1) is 6.92 Å². The van der Waals surface area contributed by atoms with Crippen molar-refractivity contribution >= 4 is 46.5 Å². The highest BCUT2D eigenvalue weighted by Crippen LogP contribution is 2.36. The molecule has 0 atom stereocenters. The van der Waals surface area contributed by atoms with E-state index in [-0.39, 0.29) is 11.7 Å². The van der Waals surface area contributed by atoms with Gasteiger partial charge in [0.25, 0.3) is 0 Å². The molecule has 134 valence electrons. The molecule has 1 N–H and O–H groups in total. The number of nitrogens with zero attached hydrogens (tertiary/aromatic N) is 5. The molecule has 10 heteroatoms. The minimum absolute atomic E-state index is 0.0729. The van der Waals surface area contributed by atoms with Gasteiger partial charge in [0.05, 0.1) is 11.8 Å². The zero-order valence-corrected chi connectivity index (χ0v) is 16.4. The monoisotopic (exact) mass is 404 g/mol. The SMILES string of the molecule is Cc1csc(Sc2ccc(NC(=O)CSc3nnnn3C3CC3)cc2)n1. The number of nitrogens with one attached hydrogen (secondary N) is 1. The Balaban J connectivity index is 1.29. The van der Waals surface area contributed by atoms with E-state index in [1.807, 2.05) is 41.3 Å². The molecule has 26 heavy (non-hydrogen) atoms. The number of carbonyl (C=O) groups excluding carboxylic acids is 1. The predicted molar refractivity (Wildman–Crippen MR) is 103 cm³/mol. The van der Waals surface area contributed by atoms with Crippen LogP contribution < -0.4 is 5.32 Å². The molecule has 1 saturated carbocycles. The number of tetrazole rings is 1. The van der Waals surface area contributed by atoms with Crippen LogP contribution in [-0.2, 0) is 4.79 Å². The van der Waals surface area contributed by atoms with Crippen LogP contribution in [0.5, 0.6) is 0 Å². The van der Waals surface area contributed by atoms with Crippen LogP contribution in [0.1, 0.15) is 24.6 Å². The molecule has 0 radical (unpaired) electrons. The normalized spacial score (nSPS) is 13.7. The second kappa shape index (κ2) is 7.77.